The Labute approximate surface area is 198 Å². The lowest BCUT2D eigenvalue weighted by Gasteiger charge is -2.35. The summed E-state index contributed by atoms with van der Waals surface area (Å²) in [6, 6.07) is 13.7. The summed E-state index contributed by atoms with van der Waals surface area (Å²) in [4.78, 5) is 23.2. The smallest absolute Gasteiger partial charge is 0.266 e. The molecule has 174 valence electrons. The molecule has 9 heteroatoms. The molecule has 1 fully saturated rings. The normalized spacial score (nSPS) is 13.9. The van der Waals surface area contributed by atoms with Gasteiger partial charge in [0.2, 0.25) is 17.5 Å². The van der Waals surface area contributed by atoms with Crippen LogP contribution in [0.4, 0.5) is 11.6 Å². The van der Waals surface area contributed by atoms with E-state index in [0.29, 0.717) is 44.4 Å². The molecule has 1 aliphatic rings. The van der Waals surface area contributed by atoms with Gasteiger partial charge in [0.25, 0.3) is 5.89 Å². The number of amides is 1. The maximum absolute atomic E-state index is 13.2. The number of benzene rings is 1. The molecule has 1 saturated heterocycles. The molecule has 0 saturated carbocycles. The molecular weight excluding hydrogens is 432 g/mol. The lowest BCUT2D eigenvalue weighted by atomic mass is 10.1. The van der Waals surface area contributed by atoms with Crippen molar-refractivity contribution in [3.8, 4) is 23.8 Å². The Morgan fingerprint density at radius 3 is 2.50 bits per heavy atom. The SMILES string of the molecule is Cc1cc(C)cc(N(CCC#N)C(=O)CN2CCN(c3oc(-c4ccco4)nc3C#N)CC2)c1. The lowest BCUT2D eigenvalue weighted by Crippen LogP contribution is -2.50. The summed E-state index contributed by atoms with van der Waals surface area (Å²) in [6.45, 7) is 7.06. The molecule has 2 aromatic heterocycles. The second kappa shape index (κ2) is 10.2. The van der Waals surface area contributed by atoms with Crippen molar-refractivity contribution in [2.75, 3.05) is 49.1 Å². The number of piperazine rings is 1. The van der Waals surface area contributed by atoms with E-state index in [-0.39, 0.29) is 30.5 Å². The Bertz CT molecular complexity index is 1210. The van der Waals surface area contributed by atoms with Crippen LogP contribution in [0.1, 0.15) is 23.2 Å². The predicted octanol–water partition coefficient (Wildman–Crippen LogP) is 3.49. The molecule has 0 aliphatic carbocycles. The first-order valence-electron chi connectivity index (χ1n) is 11.2. The highest BCUT2D eigenvalue weighted by molar-refractivity contribution is 5.95. The third-order valence-electron chi connectivity index (χ3n) is 5.73. The van der Waals surface area contributed by atoms with Crippen LogP contribution in [0, 0.1) is 36.5 Å². The molecule has 3 aromatic rings. The van der Waals surface area contributed by atoms with Crippen molar-refractivity contribution in [3.63, 3.8) is 0 Å². The van der Waals surface area contributed by atoms with Crippen molar-refractivity contribution in [2.45, 2.75) is 20.3 Å². The van der Waals surface area contributed by atoms with E-state index in [1.165, 1.54) is 6.26 Å². The minimum atomic E-state index is -0.0359. The molecule has 1 aromatic carbocycles. The highest BCUT2D eigenvalue weighted by Gasteiger charge is 2.27. The first-order chi connectivity index (χ1) is 16.5. The summed E-state index contributed by atoms with van der Waals surface area (Å²) in [6.07, 6.45) is 1.80. The lowest BCUT2D eigenvalue weighted by molar-refractivity contribution is -0.119. The molecule has 0 radical (unpaired) electrons. The van der Waals surface area contributed by atoms with Crippen LogP contribution in [0.2, 0.25) is 0 Å². The van der Waals surface area contributed by atoms with Gasteiger partial charge in [-0.3, -0.25) is 9.69 Å². The van der Waals surface area contributed by atoms with Crippen LogP contribution in [0.25, 0.3) is 11.7 Å². The number of nitrogens with zero attached hydrogens (tertiary/aromatic N) is 6. The topological polar surface area (TPSA) is 114 Å². The van der Waals surface area contributed by atoms with Gasteiger partial charge in [-0.15, -0.1) is 0 Å². The van der Waals surface area contributed by atoms with Crippen molar-refractivity contribution in [3.05, 3.63) is 53.4 Å². The predicted molar refractivity (Wildman–Crippen MR) is 126 cm³/mol. The van der Waals surface area contributed by atoms with Gasteiger partial charge in [-0.25, -0.2) is 0 Å². The zero-order chi connectivity index (χ0) is 24.1. The molecule has 3 heterocycles. The van der Waals surface area contributed by atoms with Crippen LogP contribution in [0.15, 0.2) is 45.4 Å². The minimum absolute atomic E-state index is 0.0359. The maximum atomic E-state index is 13.2. The van der Waals surface area contributed by atoms with E-state index >= 15 is 0 Å². The molecule has 0 spiro atoms. The van der Waals surface area contributed by atoms with E-state index in [4.69, 9.17) is 14.1 Å². The molecule has 9 nitrogen and oxygen atoms in total. The number of rotatable bonds is 7. The molecule has 0 atom stereocenters. The highest BCUT2D eigenvalue weighted by Crippen LogP contribution is 2.29. The van der Waals surface area contributed by atoms with Crippen LogP contribution < -0.4 is 9.80 Å². The molecule has 1 amide bonds. The molecule has 0 N–H and O–H groups in total. The first-order valence-corrected chi connectivity index (χ1v) is 11.2. The number of carbonyl (C=O) groups is 1. The number of carbonyl (C=O) groups excluding carboxylic acids is 1. The summed E-state index contributed by atoms with van der Waals surface area (Å²) in [5.41, 5.74) is 3.19. The fraction of sp³-hybridized carbons (Fsp3) is 0.360. The van der Waals surface area contributed by atoms with Crippen molar-refractivity contribution in [2.24, 2.45) is 0 Å². The summed E-state index contributed by atoms with van der Waals surface area (Å²) >= 11 is 0. The third-order valence-corrected chi connectivity index (χ3v) is 5.73. The van der Waals surface area contributed by atoms with Gasteiger partial charge >= 0.3 is 0 Å². The summed E-state index contributed by atoms with van der Waals surface area (Å²) < 4.78 is 11.2. The van der Waals surface area contributed by atoms with Gasteiger partial charge in [-0.1, -0.05) is 6.07 Å². The van der Waals surface area contributed by atoms with Crippen LogP contribution >= 0.6 is 0 Å². The molecule has 4 rings (SSSR count). The van der Waals surface area contributed by atoms with Crippen LogP contribution in [-0.2, 0) is 4.79 Å². The minimum Gasteiger partial charge on any atom is -0.459 e. The zero-order valence-corrected chi connectivity index (χ0v) is 19.3. The fourth-order valence-electron chi connectivity index (χ4n) is 4.16. The second-order valence-electron chi connectivity index (χ2n) is 8.32. The average molecular weight is 459 g/mol. The van der Waals surface area contributed by atoms with Crippen LogP contribution in [0.5, 0.6) is 0 Å². The number of hydrogen-bond acceptors (Lipinski definition) is 8. The van der Waals surface area contributed by atoms with Gasteiger partial charge in [0.15, 0.2) is 5.76 Å². The monoisotopic (exact) mass is 458 g/mol. The van der Waals surface area contributed by atoms with E-state index in [1.807, 2.05) is 30.9 Å². The van der Waals surface area contributed by atoms with E-state index in [2.05, 4.69) is 28.1 Å². The van der Waals surface area contributed by atoms with E-state index in [0.717, 1.165) is 16.8 Å². The first kappa shape index (κ1) is 23.1. The van der Waals surface area contributed by atoms with Gasteiger partial charge in [0, 0.05) is 38.4 Å². The molecule has 0 bridgehead atoms. The van der Waals surface area contributed by atoms with Crippen molar-refractivity contribution < 1.29 is 13.6 Å². The van der Waals surface area contributed by atoms with Gasteiger partial charge in [0.05, 0.1) is 25.3 Å². The number of aromatic nitrogens is 1. The standard InChI is InChI=1S/C25H26N6O3/c1-18-13-19(2)15-20(14-18)31(7-4-6-26)23(32)17-29-8-10-30(11-9-29)25-21(16-27)28-24(34-25)22-5-3-12-33-22/h3,5,12-15H,4,7-11,17H2,1-2H3. The van der Waals surface area contributed by atoms with Gasteiger partial charge in [-0.2, -0.15) is 15.5 Å². The zero-order valence-electron chi connectivity index (χ0n) is 19.3. The molecule has 0 unspecified atom stereocenters. The Balaban J connectivity index is 1.41. The molecule has 34 heavy (non-hydrogen) atoms. The van der Waals surface area contributed by atoms with Gasteiger partial charge in [-0.05, 0) is 49.2 Å². The summed E-state index contributed by atoms with van der Waals surface area (Å²) in [5.74, 6) is 1.13. The van der Waals surface area contributed by atoms with E-state index < -0.39 is 0 Å². The van der Waals surface area contributed by atoms with Gasteiger partial charge < -0.3 is 18.6 Å². The average Bonchev–Trinajstić information content (AvgIpc) is 3.49. The molecular formula is C25H26N6O3. The quantitative estimate of drug-likeness (QED) is 0.529. The Kier molecular flexibility index (Phi) is 6.95. The number of aryl methyl sites for hydroxylation is 2. The second-order valence-corrected chi connectivity index (χ2v) is 8.32. The summed E-state index contributed by atoms with van der Waals surface area (Å²) in [7, 11) is 0. The van der Waals surface area contributed by atoms with Crippen molar-refractivity contribution in [1.82, 2.24) is 9.88 Å². The number of hydrogen-bond donors (Lipinski definition) is 0. The van der Waals surface area contributed by atoms with Crippen LogP contribution in [0.3, 0.4) is 0 Å². The molecule has 1 aliphatic heterocycles. The number of anilines is 2. The Morgan fingerprint density at radius 2 is 1.88 bits per heavy atom. The maximum Gasteiger partial charge on any atom is 0.266 e. The number of oxazole rings is 1. The number of nitriles is 2. The number of furan rings is 1. The Morgan fingerprint density at radius 1 is 1.15 bits per heavy atom. The van der Waals surface area contributed by atoms with Crippen LogP contribution in [-0.4, -0.2) is 55.1 Å². The van der Waals surface area contributed by atoms with Gasteiger partial charge in [0.1, 0.15) is 6.07 Å². The van der Waals surface area contributed by atoms with E-state index in [9.17, 15) is 10.1 Å². The summed E-state index contributed by atoms with van der Waals surface area (Å²) in [5, 5.41) is 18.6. The third kappa shape index (κ3) is 5.11. The van der Waals surface area contributed by atoms with Crippen molar-refractivity contribution in [1.29, 1.82) is 10.5 Å². The van der Waals surface area contributed by atoms with Crippen molar-refractivity contribution >= 4 is 17.5 Å². The fourth-order valence-corrected chi connectivity index (χ4v) is 4.16. The largest absolute Gasteiger partial charge is 0.459 e. The highest BCUT2D eigenvalue weighted by atomic mass is 16.4. The van der Waals surface area contributed by atoms with E-state index in [1.54, 1.807) is 17.0 Å². The Hall–Kier alpha value is -4.08.